The van der Waals surface area contributed by atoms with Crippen molar-refractivity contribution >= 4 is 29.1 Å². The van der Waals surface area contributed by atoms with Crippen LogP contribution in [0.2, 0.25) is 10.0 Å². The third-order valence-corrected chi connectivity index (χ3v) is 4.68. The van der Waals surface area contributed by atoms with Crippen LogP contribution in [0.25, 0.3) is 0 Å². The molecule has 0 bridgehead atoms. The van der Waals surface area contributed by atoms with E-state index >= 15 is 0 Å². The zero-order chi connectivity index (χ0) is 16.8. The summed E-state index contributed by atoms with van der Waals surface area (Å²) in [4.78, 5) is 13.6. The molecule has 0 aliphatic carbocycles. The Morgan fingerprint density at radius 3 is 2.91 bits per heavy atom. The van der Waals surface area contributed by atoms with Gasteiger partial charge in [0.05, 0.1) is 22.8 Å². The van der Waals surface area contributed by atoms with Gasteiger partial charge in [-0.15, -0.1) is 0 Å². The summed E-state index contributed by atoms with van der Waals surface area (Å²) in [6.07, 6.45) is -0.118. The van der Waals surface area contributed by atoms with Gasteiger partial charge in [0, 0.05) is 39.7 Å². The number of amides is 1. The molecule has 2 atom stereocenters. The maximum Gasteiger partial charge on any atom is 0.248 e. The Balaban J connectivity index is 2.16. The molecule has 7 heteroatoms. The van der Waals surface area contributed by atoms with Gasteiger partial charge in [-0.3, -0.25) is 4.79 Å². The van der Waals surface area contributed by atoms with Gasteiger partial charge >= 0.3 is 0 Å². The van der Waals surface area contributed by atoms with E-state index in [9.17, 15) is 4.79 Å². The second-order valence-corrected chi connectivity index (χ2v) is 6.42. The van der Waals surface area contributed by atoms with Crippen LogP contribution in [0.3, 0.4) is 0 Å². The van der Waals surface area contributed by atoms with E-state index in [1.165, 1.54) is 7.11 Å². The van der Waals surface area contributed by atoms with E-state index in [2.05, 4.69) is 5.32 Å². The maximum absolute atomic E-state index is 11.9. The Morgan fingerprint density at radius 2 is 2.22 bits per heavy atom. The fourth-order valence-electron chi connectivity index (χ4n) is 2.65. The van der Waals surface area contributed by atoms with Crippen LogP contribution >= 0.6 is 23.2 Å². The first kappa shape index (κ1) is 18.5. The Labute approximate surface area is 146 Å². The molecule has 1 saturated heterocycles. The average Bonchev–Trinajstić information content (AvgIpc) is 2.76. The molecule has 0 saturated carbocycles. The first-order valence-corrected chi connectivity index (χ1v) is 8.28. The molecule has 5 nitrogen and oxygen atoms in total. The molecule has 0 spiro atoms. The van der Waals surface area contributed by atoms with Crippen molar-refractivity contribution in [3.63, 3.8) is 0 Å². The van der Waals surface area contributed by atoms with E-state index in [1.807, 2.05) is 12.1 Å². The molecule has 1 N–H and O–H groups in total. The number of methoxy groups -OCH3 is 1. The van der Waals surface area contributed by atoms with Crippen molar-refractivity contribution < 1.29 is 14.3 Å². The van der Waals surface area contributed by atoms with Crippen LogP contribution in [0.4, 0.5) is 0 Å². The fraction of sp³-hybridized carbons (Fsp3) is 0.562. The summed E-state index contributed by atoms with van der Waals surface area (Å²) in [7, 11) is 3.27. The fourth-order valence-corrected chi connectivity index (χ4v) is 2.96. The molecule has 1 heterocycles. The first-order chi connectivity index (χ1) is 11.0. The van der Waals surface area contributed by atoms with Crippen LogP contribution in [-0.2, 0) is 14.3 Å². The van der Waals surface area contributed by atoms with Crippen molar-refractivity contribution in [2.45, 2.75) is 12.0 Å². The van der Waals surface area contributed by atoms with Gasteiger partial charge in [-0.1, -0.05) is 29.3 Å². The molecule has 1 aliphatic rings. The van der Waals surface area contributed by atoms with Crippen molar-refractivity contribution in [1.82, 2.24) is 10.2 Å². The van der Waals surface area contributed by atoms with Gasteiger partial charge in [-0.25, -0.2) is 0 Å². The van der Waals surface area contributed by atoms with E-state index in [1.54, 1.807) is 18.0 Å². The molecule has 0 aromatic heterocycles. The molecule has 2 rings (SSSR count). The Morgan fingerprint density at radius 1 is 1.43 bits per heavy atom. The quantitative estimate of drug-likeness (QED) is 0.874. The Kier molecular flexibility index (Phi) is 7.11. The Hall–Kier alpha value is -0.850. The highest BCUT2D eigenvalue weighted by Gasteiger charge is 2.28. The van der Waals surface area contributed by atoms with Crippen molar-refractivity contribution in [1.29, 1.82) is 0 Å². The number of nitrogens with zero attached hydrogens (tertiary/aromatic N) is 1. The van der Waals surface area contributed by atoms with Gasteiger partial charge in [0.25, 0.3) is 0 Å². The first-order valence-electron chi connectivity index (χ1n) is 7.53. The van der Waals surface area contributed by atoms with Crippen LogP contribution in [-0.4, -0.2) is 63.9 Å². The number of carbonyl (C=O) groups excluding carboxylic acids is 1. The average molecular weight is 361 g/mol. The van der Waals surface area contributed by atoms with Crippen LogP contribution in [0.1, 0.15) is 11.5 Å². The van der Waals surface area contributed by atoms with Crippen LogP contribution in [0, 0.1) is 0 Å². The smallest absolute Gasteiger partial charge is 0.248 e. The summed E-state index contributed by atoms with van der Waals surface area (Å²) in [6.45, 7) is 2.71. The zero-order valence-electron chi connectivity index (χ0n) is 13.4. The standard InChI is InChI=1S/C16H22Cl2N2O3/c1-20(16(21)10-22-2)9-15-12(8-19-5-6-23-15)11-3-4-13(17)14(18)7-11/h3-4,7,12,15,19H,5-6,8-10H2,1-2H3/t12-,15+/m0/s1. The molecule has 23 heavy (non-hydrogen) atoms. The molecule has 1 fully saturated rings. The van der Waals surface area contributed by atoms with Crippen molar-refractivity contribution in [3.05, 3.63) is 33.8 Å². The second kappa shape index (κ2) is 8.85. The predicted octanol–water partition coefficient (Wildman–Crippen LogP) is 2.17. The second-order valence-electron chi connectivity index (χ2n) is 5.60. The van der Waals surface area contributed by atoms with Crippen LogP contribution in [0.5, 0.6) is 0 Å². The number of hydrogen-bond acceptors (Lipinski definition) is 4. The van der Waals surface area contributed by atoms with Gasteiger partial charge in [-0.05, 0) is 17.7 Å². The van der Waals surface area contributed by atoms with Crippen molar-refractivity contribution in [2.24, 2.45) is 0 Å². The van der Waals surface area contributed by atoms with Crippen LogP contribution in [0.15, 0.2) is 18.2 Å². The minimum Gasteiger partial charge on any atom is -0.375 e. The summed E-state index contributed by atoms with van der Waals surface area (Å²) >= 11 is 12.1. The summed E-state index contributed by atoms with van der Waals surface area (Å²) in [5, 5.41) is 4.41. The van der Waals surface area contributed by atoms with Gasteiger partial charge < -0.3 is 19.7 Å². The summed E-state index contributed by atoms with van der Waals surface area (Å²) in [6, 6.07) is 5.62. The number of rotatable bonds is 5. The molecular weight excluding hydrogens is 339 g/mol. The number of ether oxygens (including phenoxy) is 2. The number of nitrogens with one attached hydrogen (secondary N) is 1. The van der Waals surface area contributed by atoms with Gasteiger partial charge in [0.15, 0.2) is 0 Å². The highest BCUT2D eigenvalue weighted by atomic mass is 35.5. The number of benzene rings is 1. The molecular formula is C16H22Cl2N2O3. The summed E-state index contributed by atoms with van der Waals surface area (Å²) in [5.74, 6) is 0.0197. The molecule has 1 aliphatic heterocycles. The predicted molar refractivity (Wildman–Crippen MR) is 91.3 cm³/mol. The normalized spacial score (nSPS) is 21.7. The van der Waals surface area contributed by atoms with Crippen molar-refractivity contribution in [3.8, 4) is 0 Å². The van der Waals surface area contributed by atoms with E-state index in [-0.39, 0.29) is 24.5 Å². The summed E-state index contributed by atoms with van der Waals surface area (Å²) in [5.41, 5.74) is 1.05. The summed E-state index contributed by atoms with van der Waals surface area (Å²) < 4.78 is 10.9. The van der Waals surface area contributed by atoms with E-state index in [0.29, 0.717) is 23.2 Å². The van der Waals surface area contributed by atoms with E-state index in [4.69, 9.17) is 32.7 Å². The topological polar surface area (TPSA) is 50.8 Å². The monoisotopic (exact) mass is 360 g/mol. The molecule has 1 aromatic rings. The maximum atomic E-state index is 11.9. The number of halogens is 2. The van der Waals surface area contributed by atoms with E-state index < -0.39 is 0 Å². The molecule has 1 amide bonds. The molecule has 1 aromatic carbocycles. The number of carbonyl (C=O) groups is 1. The highest BCUT2D eigenvalue weighted by Crippen LogP contribution is 2.29. The molecule has 128 valence electrons. The number of likely N-dealkylation sites (N-methyl/N-ethyl adjacent to an activating group) is 1. The van der Waals surface area contributed by atoms with Gasteiger partial charge in [-0.2, -0.15) is 0 Å². The largest absolute Gasteiger partial charge is 0.375 e. The van der Waals surface area contributed by atoms with Gasteiger partial charge in [0.1, 0.15) is 6.61 Å². The molecule has 0 unspecified atom stereocenters. The third kappa shape index (κ3) is 5.06. The van der Waals surface area contributed by atoms with Crippen LogP contribution < -0.4 is 5.32 Å². The lowest BCUT2D eigenvalue weighted by atomic mass is 9.93. The minimum atomic E-state index is -0.118. The third-order valence-electron chi connectivity index (χ3n) is 3.94. The lowest BCUT2D eigenvalue weighted by Gasteiger charge is -2.29. The van der Waals surface area contributed by atoms with E-state index in [0.717, 1.165) is 18.7 Å². The SMILES string of the molecule is COCC(=O)N(C)C[C@H]1OCCNC[C@H]1c1ccc(Cl)c(Cl)c1. The highest BCUT2D eigenvalue weighted by molar-refractivity contribution is 6.42. The van der Waals surface area contributed by atoms with Gasteiger partial charge in [0.2, 0.25) is 5.91 Å². The number of hydrogen-bond donors (Lipinski definition) is 1. The van der Waals surface area contributed by atoms with Crippen molar-refractivity contribution in [2.75, 3.05) is 47.0 Å². The molecule has 0 radical (unpaired) electrons. The zero-order valence-corrected chi connectivity index (χ0v) is 14.9. The lowest BCUT2D eigenvalue weighted by molar-refractivity contribution is -0.135. The Bertz CT molecular complexity index is 542. The lowest BCUT2D eigenvalue weighted by Crippen LogP contribution is -2.41. The minimum absolute atomic E-state index is 0.0683.